The first kappa shape index (κ1) is 69.3. The predicted octanol–water partition coefficient (Wildman–Crippen LogP) is 18.9. The molecule has 0 spiro atoms. The number of aliphatic hydroxyl groups excluding tert-OH is 4. The van der Waals surface area contributed by atoms with Gasteiger partial charge in [-0.15, -0.1) is 0 Å². The van der Waals surface area contributed by atoms with E-state index in [1.165, 1.54) is 250 Å². The highest BCUT2D eigenvalue weighted by Gasteiger charge is 2.28. The Labute approximate surface area is 442 Å². The number of allylic oxidation sites excluding steroid dienone is 8. The second-order valence-corrected chi connectivity index (χ2v) is 21.7. The summed E-state index contributed by atoms with van der Waals surface area (Å²) in [4.78, 5) is 12.6. The van der Waals surface area contributed by atoms with Gasteiger partial charge in [0.25, 0.3) is 0 Å². The molecule has 0 saturated heterocycles. The lowest BCUT2D eigenvalue weighted by molar-refractivity contribution is -0.132. The number of nitrogens with one attached hydrogen (secondary N) is 1. The molecule has 1 amide bonds. The zero-order valence-corrected chi connectivity index (χ0v) is 47.5. The van der Waals surface area contributed by atoms with Crippen LogP contribution in [0.4, 0.5) is 0 Å². The first-order valence-electron chi connectivity index (χ1n) is 31.5. The van der Waals surface area contributed by atoms with E-state index < -0.39 is 36.9 Å². The largest absolute Gasteiger partial charge is 0.394 e. The molecule has 0 bridgehead atoms. The van der Waals surface area contributed by atoms with Crippen molar-refractivity contribution in [3.05, 3.63) is 48.6 Å². The van der Waals surface area contributed by atoms with Crippen LogP contribution >= 0.6 is 0 Å². The molecule has 4 unspecified atom stereocenters. The molecule has 6 nitrogen and oxygen atoms in total. The van der Waals surface area contributed by atoms with Gasteiger partial charge in [0.1, 0.15) is 12.2 Å². The summed E-state index contributed by atoms with van der Waals surface area (Å²) >= 11 is 0. The van der Waals surface area contributed by atoms with Crippen molar-refractivity contribution in [2.45, 2.75) is 353 Å². The maximum absolute atomic E-state index is 12.6. The number of hydrogen-bond donors (Lipinski definition) is 5. The van der Waals surface area contributed by atoms with Crippen molar-refractivity contribution in [1.82, 2.24) is 5.32 Å². The summed E-state index contributed by atoms with van der Waals surface area (Å²) in [6.45, 7) is 4.08. The van der Waals surface area contributed by atoms with E-state index >= 15 is 0 Å². The summed E-state index contributed by atoms with van der Waals surface area (Å²) in [5.41, 5.74) is 0. The Morgan fingerprint density at radius 2 is 0.634 bits per heavy atom. The van der Waals surface area contributed by atoms with Gasteiger partial charge in [-0.25, -0.2) is 0 Å². The van der Waals surface area contributed by atoms with E-state index in [4.69, 9.17) is 0 Å². The zero-order valence-electron chi connectivity index (χ0n) is 47.5. The molecule has 71 heavy (non-hydrogen) atoms. The Hall–Kier alpha value is -1.73. The standard InChI is InChI=1S/C65H123NO5/c1-3-5-7-9-11-13-15-17-19-21-23-25-27-29-30-31-32-33-35-37-39-41-43-45-47-49-51-53-55-57-59-63(69)65(71)66-61(60-67)64(70)62(68)58-56-54-52-50-48-46-44-42-40-38-36-34-28-26-24-22-20-18-16-14-12-10-8-6-4-2/h23,25,29-30,42,44,50,52,61-64,67-70H,3-22,24,26-28,31-41,43,45-49,51,53-60H2,1-2H3,(H,66,71)/b25-23-,30-29-,44-42+,52-50+. The van der Waals surface area contributed by atoms with Gasteiger partial charge in [0.15, 0.2) is 0 Å². The SMILES string of the molecule is CCCCCCCCCCC/C=C\C/C=C\CCCCCCCCCCCCCCCCC(O)C(=O)NC(CO)C(O)C(O)CCC/C=C/CC/C=C/CCCCCCCCCCCCCCCCCC. The molecule has 418 valence electrons. The summed E-state index contributed by atoms with van der Waals surface area (Å²) in [5, 5.41) is 44.1. The Morgan fingerprint density at radius 1 is 0.352 bits per heavy atom. The molecule has 0 aliphatic heterocycles. The molecule has 0 aliphatic rings. The van der Waals surface area contributed by atoms with Crippen molar-refractivity contribution in [1.29, 1.82) is 0 Å². The van der Waals surface area contributed by atoms with Crippen LogP contribution in [0.1, 0.15) is 328 Å². The number of rotatable bonds is 58. The first-order valence-corrected chi connectivity index (χ1v) is 31.5. The van der Waals surface area contributed by atoms with Crippen molar-refractivity contribution in [3.8, 4) is 0 Å². The first-order chi connectivity index (χ1) is 35.0. The summed E-state index contributed by atoms with van der Waals surface area (Å²) in [6.07, 6.45) is 76.3. The van der Waals surface area contributed by atoms with Crippen molar-refractivity contribution >= 4 is 5.91 Å². The topological polar surface area (TPSA) is 110 Å². The van der Waals surface area contributed by atoms with Gasteiger partial charge in [0, 0.05) is 0 Å². The quantitative estimate of drug-likeness (QED) is 0.0308. The molecular weight excluding hydrogens is 875 g/mol. The molecule has 0 aromatic heterocycles. The van der Waals surface area contributed by atoms with E-state index in [0.29, 0.717) is 19.3 Å². The highest BCUT2D eigenvalue weighted by molar-refractivity contribution is 5.80. The third-order valence-corrected chi connectivity index (χ3v) is 14.7. The van der Waals surface area contributed by atoms with Gasteiger partial charge >= 0.3 is 0 Å². The fraction of sp³-hybridized carbons (Fsp3) is 0.862. The summed E-state index contributed by atoms with van der Waals surface area (Å²) < 4.78 is 0. The summed E-state index contributed by atoms with van der Waals surface area (Å²) in [7, 11) is 0. The third-order valence-electron chi connectivity index (χ3n) is 14.7. The number of hydrogen-bond acceptors (Lipinski definition) is 5. The predicted molar refractivity (Wildman–Crippen MR) is 311 cm³/mol. The summed E-state index contributed by atoms with van der Waals surface area (Å²) in [5.74, 6) is -0.595. The van der Waals surface area contributed by atoms with Gasteiger partial charge in [0.2, 0.25) is 5.91 Å². The normalized spacial score (nSPS) is 13.9. The van der Waals surface area contributed by atoms with Crippen LogP contribution in [0.5, 0.6) is 0 Å². The second-order valence-electron chi connectivity index (χ2n) is 21.7. The van der Waals surface area contributed by atoms with Gasteiger partial charge in [-0.3, -0.25) is 4.79 Å². The lowest BCUT2D eigenvalue weighted by Crippen LogP contribution is -2.53. The van der Waals surface area contributed by atoms with Gasteiger partial charge in [-0.1, -0.05) is 294 Å². The van der Waals surface area contributed by atoms with Crippen molar-refractivity contribution in [2.75, 3.05) is 6.61 Å². The second kappa shape index (κ2) is 59.2. The maximum atomic E-state index is 12.6. The molecule has 0 rings (SSSR count). The van der Waals surface area contributed by atoms with Crippen molar-refractivity contribution < 1.29 is 25.2 Å². The minimum absolute atomic E-state index is 0.359. The van der Waals surface area contributed by atoms with Gasteiger partial charge in [0.05, 0.1) is 18.8 Å². The molecule has 0 aromatic rings. The van der Waals surface area contributed by atoms with Gasteiger partial charge < -0.3 is 25.7 Å². The molecule has 0 saturated carbocycles. The molecule has 0 fully saturated rings. The number of aliphatic hydroxyl groups is 4. The van der Waals surface area contributed by atoms with Crippen molar-refractivity contribution in [3.63, 3.8) is 0 Å². The lowest BCUT2D eigenvalue weighted by Gasteiger charge is -2.27. The number of carbonyl (C=O) groups excluding carboxylic acids is 1. The Bertz CT molecular complexity index is 1170. The molecule has 5 N–H and O–H groups in total. The van der Waals surface area contributed by atoms with Crippen LogP contribution in [-0.2, 0) is 4.79 Å². The zero-order chi connectivity index (χ0) is 51.6. The average Bonchev–Trinajstić information content (AvgIpc) is 3.38. The van der Waals surface area contributed by atoms with Crippen LogP contribution in [0.15, 0.2) is 48.6 Å². The molecule has 6 heteroatoms. The number of unbranched alkanes of at least 4 members (excludes halogenated alkanes) is 41. The average molecular weight is 999 g/mol. The van der Waals surface area contributed by atoms with Crippen LogP contribution < -0.4 is 5.32 Å². The van der Waals surface area contributed by atoms with E-state index in [9.17, 15) is 25.2 Å². The molecular formula is C65H123NO5. The molecule has 0 radical (unpaired) electrons. The van der Waals surface area contributed by atoms with Crippen molar-refractivity contribution in [2.24, 2.45) is 0 Å². The lowest BCUT2D eigenvalue weighted by atomic mass is 10.00. The highest BCUT2D eigenvalue weighted by Crippen LogP contribution is 2.18. The molecule has 0 heterocycles. The van der Waals surface area contributed by atoms with Crippen LogP contribution in [0.3, 0.4) is 0 Å². The fourth-order valence-corrected chi connectivity index (χ4v) is 9.81. The highest BCUT2D eigenvalue weighted by atomic mass is 16.3. The van der Waals surface area contributed by atoms with Gasteiger partial charge in [-0.2, -0.15) is 0 Å². The number of amides is 1. The number of carbonyl (C=O) groups is 1. The minimum Gasteiger partial charge on any atom is -0.394 e. The Kier molecular flexibility index (Phi) is 57.7. The van der Waals surface area contributed by atoms with Crippen LogP contribution in [0.25, 0.3) is 0 Å². The molecule has 0 aliphatic carbocycles. The van der Waals surface area contributed by atoms with E-state index in [1.54, 1.807) is 0 Å². The van der Waals surface area contributed by atoms with Gasteiger partial charge in [-0.05, 0) is 83.5 Å². The molecule has 0 aromatic carbocycles. The minimum atomic E-state index is -1.29. The van der Waals surface area contributed by atoms with Crippen LogP contribution in [-0.4, -0.2) is 57.3 Å². The van der Waals surface area contributed by atoms with Crippen LogP contribution in [0, 0.1) is 0 Å². The Morgan fingerprint density at radius 3 is 0.972 bits per heavy atom. The monoisotopic (exact) mass is 998 g/mol. The maximum Gasteiger partial charge on any atom is 0.249 e. The van der Waals surface area contributed by atoms with E-state index in [0.717, 1.165) is 44.9 Å². The fourth-order valence-electron chi connectivity index (χ4n) is 9.81. The van der Waals surface area contributed by atoms with E-state index in [-0.39, 0.29) is 0 Å². The smallest absolute Gasteiger partial charge is 0.249 e. The summed E-state index contributed by atoms with van der Waals surface area (Å²) in [6, 6.07) is -1.01. The molecule has 4 atom stereocenters. The van der Waals surface area contributed by atoms with E-state index in [2.05, 4.69) is 67.8 Å². The third kappa shape index (κ3) is 52.9. The Balaban J connectivity index is 3.65. The van der Waals surface area contributed by atoms with Crippen LogP contribution in [0.2, 0.25) is 0 Å². The van der Waals surface area contributed by atoms with E-state index in [1.807, 2.05) is 0 Å².